The van der Waals surface area contributed by atoms with E-state index < -0.39 is 0 Å². The van der Waals surface area contributed by atoms with Crippen LogP contribution in [0.25, 0.3) is 4.96 Å². The number of hydrogen-bond donors (Lipinski definition) is 1. The second-order valence-electron chi connectivity index (χ2n) is 2.83. The standard InChI is InChI=1S/C8H11N3S.2ClH/c1-5-6(2)12-8-10-7(3-9)4-11(5)8;;/h4H,3,9H2,1-2H3;2*1H. The molecule has 2 aromatic heterocycles. The lowest BCUT2D eigenvalue weighted by atomic mass is 10.4. The molecule has 0 aliphatic carbocycles. The van der Waals surface area contributed by atoms with Crippen molar-refractivity contribution in [3.8, 4) is 0 Å². The number of halogens is 2. The quantitative estimate of drug-likeness (QED) is 0.848. The van der Waals surface area contributed by atoms with Crippen molar-refractivity contribution in [2.75, 3.05) is 0 Å². The minimum atomic E-state index is 0. The molecule has 2 heterocycles. The van der Waals surface area contributed by atoms with Crippen molar-refractivity contribution in [2.45, 2.75) is 20.4 Å². The Bertz CT molecular complexity index is 421. The van der Waals surface area contributed by atoms with Gasteiger partial charge in [0, 0.05) is 23.3 Å². The van der Waals surface area contributed by atoms with Crippen molar-refractivity contribution < 1.29 is 0 Å². The van der Waals surface area contributed by atoms with E-state index in [1.165, 1.54) is 10.6 Å². The first-order valence-corrected chi connectivity index (χ1v) is 4.68. The summed E-state index contributed by atoms with van der Waals surface area (Å²) in [5.74, 6) is 0. The van der Waals surface area contributed by atoms with Crippen LogP contribution in [0.2, 0.25) is 0 Å². The average molecular weight is 254 g/mol. The number of hydrogen-bond acceptors (Lipinski definition) is 3. The molecule has 0 bridgehead atoms. The lowest BCUT2D eigenvalue weighted by molar-refractivity contribution is 1.01. The molecule has 0 unspecified atom stereocenters. The van der Waals surface area contributed by atoms with Gasteiger partial charge in [0.25, 0.3) is 0 Å². The third kappa shape index (κ3) is 2.03. The smallest absolute Gasteiger partial charge is 0.194 e. The van der Waals surface area contributed by atoms with Gasteiger partial charge in [-0.25, -0.2) is 4.98 Å². The molecule has 6 heteroatoms. The van der Waals surface area contributed by atoms with E-state index in [1.807, 2.05) is 6.20 Å². The van der Waals surface area contributed by atoms with Gasteiger partial charge in [-0.15, -0.1) is 36.2 Å². The Labute approximate surface area is 99.2 Å². The number of rotatable bonds is 1. The summed E-state index contributed by atoms with van der Waals surface area (Å²) < 4.78 is 2.10. The van der Waals surface area contributed by atoms with Gasteiger partial charge in [-0.1, -0.05) is 0 Å². The van der Waals surface area contributed by atoms with E-state index >= 15 is 0 Å². The molecule has 0 spiro atoms. The van der Waals surface area contributed by atoms with Crippen LogP contribution in [0.15, 0.2) is 6.20 Å². The molecule has 0 aliphatic rings. The lowest BCUT2D eigenvalue weighted by Gasteiger charge is -1.88. The number of aryl methyl sites for hydroxylation is 2. The molecule has 2 rings (SSSR count). The Balaban J connectivity index is 0.000000845. The van der Waals surface area contributed by atoms with Crippen LogP contribution >= 0.6 is 36.2 Å². The van der Waals surface area contributed by atoms with Crippen molar-refractivity contribution in [1.82, 2.24) is 9.38 Å². The molecule has 0 amide bonds. The molecule has 80 valence electrons. The third-order valence-electron chi connectivity index (χ3n) is 2.05. The van der Waals surface area contributed by atoms with E-state index in [0.29, 0.717) is 6.54 Å². The molecule has 0 fully saturated rings. The Morgan fingerprint density at radius 1 is 1.43 bits per heavy atom. The van der Waals surface area contributed by atoms with E-state index in [4.69, 9.17) is 5.73 Å². The summed E-state index contributed by atoms with van der Waals surface area (Å²) in [7, 11) is 0. The zero-order valence-electron chi connectivity index (χ0n) is 7.98. The number of thiazole rings is 1. The van der Waals surface area contributed by atoms with E-state index in [1.54, 1.807) is 11.3 Å². The number of imidazole rings is 1. The summed E-state index contributed by atoms with van der Waals surface area (Å²) in [6, 6.07) is 0. The van der Waals surface area contributed by atoms with E-state index in [2.05, 4.69) is 23.2 Å². The molecular weight excluding hydrogens is 241 g/mol. The molecule has 14 heavy (non-hydrogen) atoms. The molecule has 0 aliphatic heterocycles. The minimum Gasteiger partial charge on any atom is -0.325 e. The molecule has 0 radical (unpaired) electrons. The van der Waals surface area contributed by atoms with Gasteiger partial charge >= 0.3 is 0 Å². The molecule has 2 N–H and O–H groups in total. The Kier molecular flexibility index (Phi) is 4.88. The number of fused-ring (bicyclic) bond motifs is 1. The topological polar surface area (TPSA) is 43.3 Å². The number of aromatic nitrogens is 2. The van der Waals surface area contributed by atoms with Crippen LogP contribution in [0.4, 0.5) is 0 Å². The minimum absolute atomic E-state index is 0. The van der Waals surface area contributed by atoms with Crippen molar-refractivity contribution in [1.29, 1.82) is 0 Å². The predicted molar refractivity (Wildman–Crippen MR) is 64.9 cm³/mol. The predicted octanol–water partition coefficient (Wildman–Crippen LogP) is 2.31. The molecule has 0 atom stereocenters. The van der Waals surface area contributed by atoms with Crippen molar-refractivity contribution in [2.24, 2.45) is 5.73 Å². The zero-order valence-corrected chi connectivity index (χ0v) is 10.4. The molecule has 3 nitrogen and oxygen atoms in total. The van der Waals surface area contributed by atoms with E-state index in [9.17, 15) is 0 Å². The fourth-order valence-corrected chi connectivity index (χ4v) is 2.17. The fourth-order valence-electron chi connectivity index (χ4n) is 1.20. The highest BCUT2D eigenvalue weighted by molar-refractivity contribution is 7.17. The number of nitrogens with zero attached hydrogens (tertiary/aromatic N) is 2. The van der Waals surface area contributed by atoms with E-state index in [-0.39, 0.29) is 24.8 Å². The highest BCUT2D eigenvalue weighted by atomic mass is 35.5. The second kappa shape index (κ2) is 4.98. The third-order valence-corrected chi connectivity index (χ3v) is 3.12. The van der Waals surface area contributed by atoms with Crippen LogP contribution in [0.3, 0.4) is 0 Å². The van der Waals surface area contributed by atoms with Crippen molar-refractivity contribution in [3.05, 3.63) is 22.5 Å². The van der Waals surface area contributed by atoms with Gasteiger partial charge in [-0.3, -0.25) is 4.40 Å². The molecule has 2 aromatic rings. The Morgan fingerprint density at radius 2 is 2.07 bits per heavy atom. The van der Waals surface area contributed by atoms with Crippen molar-refractivity contribution >= 4 is 41.1 Å². The molecule has 0 saturated carbocycles. The maximum Gasteiger partial charge on any atom is 0.194 e. The number of nitrogens with two attached hydrogens (primary N) is 1. The summed E-state index contributed by atoms with van der Waals surface area (Å²) >= 11 is 1.71. The molecule has 0 saturated heterocycles. The van der Waals surface area contributed by atoms with Gasteiger partial charge in [-0.2, -0.15) is 0 Å². The summed E-state index contributed by atoms with van der Waals surface area (Å²) in [5.41, 5.74) is 7.72. The van der Waals surface area contributed by atoms with E-state index in [0.717, 1.165) is 10.7 Å². The highest BCUT2D eigenvalue weighted by Gasteiger charge is 2.06. The Morgan fingerprint density at radius 3 is 2.57 bits per heavy atom. The normalized spacial score (nSPS) is 9.64. The van der Waals surface area contributed by atoms with Crippen molar-refractivity contribution in [3.63, 3.8) is 0 Å². The van der Waals surface area contributed by atoms with Crippen LogP contribution in [-0.2, 0) is 6.54 Å². The largest absolute Gasteiger partial charge is 0.325 e. The van der Waals surface area contributed by atoms with Gasteiger partial charge in [0.1, 0.15) is 0 Å². The maximum absolute atomic E-state index is 5.49. The van der Waals surface area contributed by atoms with Crippen LogP contribution in [-0.4, -0.2) is 9.38 Å². The Hall–Kier alpha value is -0.290. The van der Waals surface area contributed by atoms with Crippen LogP contribution in [0.5, 0.6) is 0 Å². The van der Waals surface area contributed by atoms with Crippen LogP contribution < -0.4 is 5.73 Å². The molecule has 0 aromatic carbocycles. The first-order chi connectivity index (χ1) is 5.72. The van der Waals surface area contributed by atoms with Gasteiger partial charge in [0.15, 0.2) is 4.96 Å². The first-order valence-electron chi connectivity index (χ1n) is 3.86. The summed E-state index contributed by atoms with van der Waals surface area (Å²) in [6.45, 7) is 4.73. The first kappa shape index (κ1) is 13.7. The lowest BCUT2D eigenvalue weighted by Crippen LogP contribution is -1.95. The average Bonchev–Trinajstić information content (AvgIpc) is 2.55. The highest BCUT2D eigenvalue weighted by Crippen LogP contribution is 2.21. The molecular formula is C8H13Cl2N3S. The monoisotopic (exact) mass is 253 g/mol. The van der Waals surface area contributed by atoms with Gasteiger partial charge < -0.3 is 5.73 Å². The van der Waals surface area contributed by atoms with Gasteiger partial charge in [0.2, 0.25) is 0 Å². The SMILES string of the molecule is Cc1sc2nc(CN)cn2c1C.Cl.Cl. The van der Waals surface area contributed by atoms with Gasteiger partial charge in [-0.05, 0) is 13.8 Å². The zero-order chi connectivity index (χ0) is 8.72. The second-order valence-corrected chi connectivity index (χ2v) is 4.01. The van der Waals surface area contributed by atoms with Gasteiger partial charge in [0.05, 0.1) is 5.69 Å². The van der Waals surface area contributed by atoms with Crippen LogP contribution in [0, 0.1) is 13.8 Å². The van der Waals surface area contributed by atoms with Crippen LogP contribution in [0.1, 0.15) is 16.3 Å². The summed E-state index contributed by atoms with van der Waals surface area (Å²) in [6.07, 6.45) is 2.01. The maximum atomic E-state index is 5.49. The summed E-state index contributed by atoms with van der Waals surface area (Å²) in [5, 5.41) is 0. The summed E-state index contributed by atoms with van der Waals surface area (Å²) in [4.78, 5) is 6.74. The fraction of sp³-hybridized carbons (Fsp3) is 0.375.